The zero-order valence-electron chi connectivity index (χ0n) is 14.4. The van der Waals surface area contributed by atoms with E-state index in [1.54, 1.807) is 11.3 Å². The highest BCUT2D eigenvalue weighted by Crippen LogP contribution is 2.24. The highest BCUT2D eigenvalue weighted by atomic mass is 32.1. The molecule has 1 amide bonds. The molecule has 0 aliphatic rings. The van der Waals surface area contributed by atoms with Gasteiger partial charge in [0.25, 0.3) is 0 Å². The molecule has 2 heterocycles. The number of carbonyl (C=O) groups excluding carboxylic acids is 1. The molecule has 130 valence electrons. The number of thiazole rings is 1. The SMILES string of the molecule is Cc1nc(-c2ccc(CNC(=O)Cc3cccc4ccccc34)o2)cs1. The lowest BCUT2D eigenvalue weighted by Crippen LogP contribution is -2.24. The maximum absolute atomic E-state index is 12.3. The molecule has 4 rings (SSSR count). The van der Waals surface area contributed by atoms with Gasteiger partial charge >= 0.3 is 0 Å². The summed E-state index contributed by atoms with van der Waals surface area (Å²) in [7, 11) is 0. The number of amides is 1. The first-order valence-electron chi connectivity index (χ1n) is 8.43. The summed E-state index contributed by atoms with van der Waals surface area (Å²) in [6.45, 7) is 2.33. The second kappa shape index (κ2) is 7.14. The van der Waals surface area contributed by atoms with Crippen LogP contribution in [-0.4, -0.2) is 10.9 Å². The molecule has 0 saturated heterocycles. The van der Waals surface area contributed by atoms with Crippen LogP contribution < -0.4 is 5.32 Å². The number of aryl methyl sites for hydroxylation is 1. The first kappa shape index (κ1) is 16.5. The fourth-order valence-electron chi connectivity index (χ4n) is 2.95. The topological polar surface area (TPSA) is 55.1 Å². The minimum absolute atomic E-state index is 0.0243. The van der Waals surface area contributed by atoms with Crippen LogP contribution in [0, 0.1) is 6.92 Å². The molecule has 0 unspecified atom stereocenters. The Kier molecular flexibility index (Phi) is 4.54. The Morgan fingerprint density at radius 2 is 1.96 bits per heavy atom. The number of hydrogen-bond acceptors (Lipinski definition) is 4. The molecular weight excluding hydrogens is 344 g/mol. The minimum atomic E-state index is -0.0243. The molecular formula is C21H18N2O2S. The van der Waals surface area contributed by atoms with Crippen molar-refractivity contribution in [3.8, 4) is 11.5 Å². The zero-order valence-corrected chi connectivity index (χ0v) is 15.2. The predicted molar refractivity (Wildman–Crippen MR) is 104 cm³/mol. The Morgan fingerprint density at radius 3 is 2.81 bits per heavy atom. The Balaban J connectivity index is 1.40. The summed E-state index contributed by atoms with van der Waals surface area (Å²) >= 11 is 1.59. The molecule has 0 saturated carbocycles. The molecule has 0 aliphatic heterocycles. The van der Waals surface area contributed by atoms with Gasteiger partial charge in [-0.05, 0) is 35.4 Å². The minimum Gasteiger partial charge on any atom is -0.458 e. The van der Waals surface area contributed by atoms with E-state index in [2.05, 4.69) is 22.4 Å². The largest absolute Gasteiger partial charge is 0.458 e. The Bertz CT molecular complexity index is 1060. The van der Waals surface area contributed by atoms with Crippen molar-refractivity contribution in [1.82, 2.24) is 10.3 Å². The van der Waals surface area contributed by atoms with Crippen molar-refractivity contribution in [2.24, 2.45) is 0 Å². The number of fused-ring (bicyclic) bond motifs is 1. The van der Waals surface area contributed by atoms with Crippen LogP contribution in [0.25, 0.3) is 22.2 Å². The summed E-state index contributed by atoms with van der Waals surface area (Å²) in [5.41, 5.74) is 1.86. The van der Waals surface area contributed by atoms with Crippen molar-refractivity contribution in [3.63, 3.8) is 0 Å². The van der Waals surface area contributed by atoms with Gasteiger partial charge < -0.3 is 9.73 Å². The standard InChI is InChI=1S/C21H18N2O2S/c1-14-23-19(13-26-14)20-10-9-17(25-20)12-22-21(24)11-16-7-4-6-15-5-2-3-8-18(15)16/h2-10,13H,11-12H2,1H3,(H,22,24). The maximum Gasteiger partial charge on any atom is 0.224 e. The molecule has 4 aromatic rings. The fourth-order valence-corrected chi connectivity index (χ4v) is 3.56. The summed E-state index contributed by atoms with van der Waals surface area (Å²) in [5.74, 6) is 1.42. The van der Waals surface area contributed by atoms with Gasteiger partial charge in [0, 0.05) is 5.38 Å². The van der Waals surface area contributed by atoms with E-state index in [-0.39, 0.29) is 5.91 Å². The predicted octanol–water partition coefficient (Wildman–Crippen LogP) is 4.72. The van der Waals surface area contributed by atoms with Crippen molar-refractivity contribution in [1.29, 1.82) is 0 Å². The number of furan rings is 1. The van der Waals surface area contributed by atoms with E-state index in [1.807, 2.05) is 54.8 Å². The van der Waals surface area contributed by atoms with Crippen LogP contribution >= 0.6 is 11.3 Å². The van der Waals surface area contributed by atoms with Gasteiger partial charge in [0.2, 0.25) is 5.91 Å². The third kappa shape index (κ3) is 3.53. The van der Waals surface area contributed by atoms with Gasteiger partial charge in [-0.25, -0.2) is 4.98 Å². The summed E-state index contributed by atoms with van der Waals surface area (Å²) in [6.07, 6.45) is 0.347. The molecule has 2 aromatic heterocycles. The lowest BCUT2D eigenvalue weighted by atomic mass is 10.0. The van der Waals surface area contributed by atoms with Crippen molar-refractivity contribution in [2.75, 3.05) is 0 Å². The van der Waals surface area contributed by atoms with Gasteiger partial charge in [0.1, 0.15) is 11.5 Å². The summed E-state index contributed by atoms with van der Waals surface area (Å²) in [5, 5.41) is 8.16. The highest BCUT2D eigenvalue weighted by molar-refractivity contribution is 7.09. The zero-order chi connectivity index (χ0) is 17.9. The van der Waals surface area contributed by atoms with Crippen LogP contribution in [0.3, 0.4) is 0 Å². The number of hydrogen-bond donors (Lipinski definition) is 1. The first-order chi connectivity index (χ1) is 12.7. The number of aromatic nitrogens is 1. The lowest BCUT2D eigenvalue weighted by molar-refractivity contribution is -0.120. The summed E-state index contributed by atoms with van der Waals surface area (Å²) < 4.78 is 5.78. The Hall–Kier alpha value is -2.92. The number of rotatable bonds is 5. The summed E-state index contributed by atoms with van der Waals surface area (Å²) in [4.78, 5) is 16.8. The van der Waals surface area contributed by atoms with Gasteiger partial charge in [-0.2, -0.15) is 0 Å². The van der Waals surface area contributed by atoms with E-state index in [4.69, 9.17) is 4.42 Å². The lowest BCUT2D eigenvalue weighted by Gasteiger charge is -2.07. The normalized spacial score (nSPS) is 11.0. The molecule has 0 radical (unpaired) electrons. The first-order valence-corrected chi connectivity index (χ1v) is 9.31. The van der Waals surface area contributed by atoms with E-state index >= 15 is 0 Å². The molecule has 0 aliphatic carbocycles. The van der Waals surface area contributed by atoms with Crippen molar-refractivity contribution in [2.45, 2.75) is 19.9 Å². The van der Waals surface area contributed by atoms with Crippen molar-refractivity contribution in [3.05, 3.63) is 76.3 Å². The Labute approximate surface area is 155 Å². The molecule has 0 atom stereocenters. The van der Waals surface area contributed by atoms with Gasteiger partial charge in [0.15, 0.2) is 5.76 Å². The van der Waals surface area contributed by atoms with Gasteiger partial charge in [-0.15, -0.1) is 11.3 Å². The van der Waals surface area contributed by atoms with Crippen LogP contribution in [0.1, 0.15) is 16.3 Å². The van der Waals surface area contributed by atoms with Crippen LogP contribution in [-0.2, 0) is 17.8 Å². The van der Waals surface area contributed by atoms with Gasteiger partial charge in [-0.3, -0.25) is 4.79 Å². The number of nitrogens with one attached hydrogen (secondary N) is 1. The molecule has 5 heteroatoms. The molecule has 4 nitrogen and oxygen atoms in total. The number of benzene rings is 2. The number of nitrogens with zero attached hydrogens (tertiary/aromatic N) is 1. The molecule has 0 bridgehead atoms. The smallest absolute Gasteiger partial charge is 0.224 e. The second-order valence-electron chi connectivity index (χ2n) is 6.11. The average Bonchev–Trinajstić information content (AvgIpc) is 3.29. The van der Waals surface area contributed by atoms with E-state index in [0.29, 0.717) is 13.0 Å². The van der Waals surface area contributed by atoms with Crippen molar-refractivity contribution >= 4 is 28.0 Å². The van der Waals surface area contributed by atoms with Gasteiger partial charge in [0.05, 0.1) is 18.0 Å². The monoisotopic (exact) mass is 362 g/mol. The third-order valence-electron chi connectivity index (χ3n) is 4.22. The van der Waals surface area contributed by atoms with Crippen LogP contribution in [0.2, 0.25) is 0 Å². The highest BCUT2D eigenvalue weighted by Gasteiger charge is 2.10. The molecule has 26 heavy (non-hydrogen) atoms. The molecule has 1 N–H and O–H groups in total. The van der Waals surface area contributed by atoms with Crippen LogP contribution in [0.5, 0.6) is 0 Å². The van der Waals surface area contributed by atoms with Crippen LogP contribution in [0.15, 0.2) is 64.4 Å². The third-order valence-corrected chi connectivity index (χ3v) is 5.00. The number of carbonyl (C=O) groups is 1. The summed E-state index contributed by atoms with van der Waals surface area (Å²) in [6, 6.07) is 17.9. The average molecular weight is 362 g/mol. The van der Waals surface area contributed by atoms with Crippen LogP contribution in [0.4, 0.5) is 0 Å². The molecule has 2 aromatic carbocycles. The van der Waals surface area contributed by atoms with E-state index in [0.717, 1.165) is 38.6 Å². The van der Waals surface area contributed by atoms with Crippen molar-refractivity contribution < 1.29 is 9.21 Å². The maximum atomic E-state index is 12.3. The fraction of sp³-hybridized carbons (Fsp3) is 0.143. The van der Waals surface area contributed by atoms with E-state index in [9.17, 15) is 4.79 Å². The molecule has 0 fully saturated rings. The quantitative estimate of drug-likeness (QED) is 0.559. The van der Waals surface area contributed by atoms with E-state index < -0.39 is 0 Å². The van der Waals surface area contributed by atoms with E-state index in [1.165, 1.54) is 0 Å². The Morgan fingerprint density at radius 1 is 1.12 bits per heavy atom. The second-order valence-corrected chi connectivity index (χ2v) is 7.17. The molecule has 0 spiro atoms. The van der Waals surface area contributed by atoms with Gasteiger partial charge in [-0.1, -0.05) is 42.5 Å².